The molecule has 1 aromatic heterocycles. The monoisotopic (exact) mass is 242 g/mol. The molecule has 18 heavy (non-hydrogen) atoms. The van der Waals surface area contributed by atoms with E-state index in [0.29, 0.717) is 24.5 Å². The second-order valence-electron chi connectivity index (χ2n) is 4.32. The topological polar surface area (TPSA) is 55.0 Å². The Morgan fingerprint density at radius 3 is 3.17 bits per heavy atom. The van der Waals surface area contributed by atoms with Gasteiger partial charge in [-0.2, -0.15) is 0 Å². The van der Waals surface area contributed by atoms with Crippen molar-refractivity contribution in [2.24, 2.45) is 0 Å². The molecule has 1 aliphatic rings. The van der Waals surface area contributed by atoms with E-state index in [1.54, 1.807) is 0 Å². The third-order valence-corrected chi connectivity index (χ3v) is 3.12. The van der Waals surface area contributed by atoms with E-state index < -0.39 is 0 Å². The molecule has 0 spiro atoms. The predicted octanol–water partition coefficient (Wildman–Crippen LogP) is 1.93. The molecule has 0 unspecified atom stereocenters. The van der Waals surface area contributed by atoms with Gasteiger partial charge in [0.2, 0.25) is 0 Å². The molecule has 92 valence electrons. The molecular weight excluding hydrogens is 228 g/mol. The number of nitrogens with one attached hydrogen (secondary N) is 1. The van der Waals surface area contributed by atoms with Crippen LogP contribution < -0.4 is 10.3 Å². The van der Waals surface area contributed by atoms with Gasteiger partial charge in [0.05, 0.1) is 12.3 Å². The third-order valence-electron chi connectivity index (χ3n) is 3.12. The summed E-state index contributed by atoms with van der Waals surface area (Å²) in [6.45, 7) is 2.67. The molecule has 1 aromatic carbocycles. The summed E-state index contributed by atoms with van der Waals surface area (Å²) in [5, 5.41) is 0. The quantitative estimate of drug-likeness (QED) is 0.875. The highest BCUT2D eigenvalue weighted by molar-refractivity contribution is 5.69. The van der Waals surface area contributed by atoms with Crippen molar-refractivity contribution in [3.63, 3.8) is 0 Å². The molecular formula is C14H14N2O2. The number of aryl methyl sites for hydroxylation is 1. The van der Waals surface area contributed by atoms with E-state index in [4.69, 9.17) is 4.74 Å². The van der Waals surface area contributed by atoms with E-state index in [0.717, 1.165) is 17.7 Å². The van der Waals surface area contributed by atoms with Crippen molar-refractivity contribution in [1.82, 2.24) is 9.97 Å². The lowest BCUT2D eigenvalue weighted by Gasteiger charge is -2.08. The van der Waals surface area contributed by atoms with E-state index in [1.807, 2.05) is 19.1 Å². The summed E-state index contributed by atoms with van der Waals surface area (Å²) < 4.78 is 5.65. The van der Waals surface area contributed by atoms with Crippen LogP contribution in [0.1, 0.15) is 18.3 Å². The molecule has 0 atom stereocenters. The van der Waals surface area contributed by atoms with Crippen molar-refractivity contribution in [3.8, 4) is 17.0 Å². The first kappa shape index (κ1) is 11.0. The number of hydrogen-bond acceptors (Lipinski definition) is 3. The molecule has 0 saturated heterocycles. The summed E-state index contributed by atoms with van der Waals surface area (Å²) in [5.41, 5.74) is 2.67. The second kappa shape index (κ2) is 4.29. The average Bonchev–Trinajstić information content (AvgIpc) is 2.85. The molecule has 0 aliphatic carbocycles. The van der Waals surface area contributed by atoms with Crippen LogP contribution in [0.5, 0.6) is 5.75 Å². The highest BCUT2D eigenvalue weighted by atomic mass is 16.5. The number of aromatic nitrogens is 2. The van der Waals surface area contributed by atoms with Gasteiger partial charge in [0.25, 0.3) is 5.56 Å². The van der Waals surface area contributed by atoms with Gasteiger partial charge in [0, 0.05) is 24.5 Å². The molecule has 0 radical (unpaired) electrons. The van der Waals surface area contributed by atoms with Crippen LogP contribution >= 0.6 is 0 Å². The van der Waals surface area contributed by atoms with Crippen molar-refractivity contribution >= 4 is 0 Å². The molecule has 2 heterocycles. The van der Waals surface area contributed by atoms with Crippen LogP contribution in [-0.4, -0.2) is 16.6 Å². The van der Waals surface area contributed by atoms with Gasteiger partial charge in [-0.05, 0) is 11.6 Å². The smallest absolute Gasteiger partial charge is 0.251 e. The normalized spacial score (nSPS) is 13.2. The Morgan fingerprint density at radius 1 is 1.44 bits per heavy atom. The Balaban J connectivity index is 2.18. The summed E-state index contributed by atoms with van der Waals surface area (Å²) in [5.74, 6) is 1.57. The molecule has 0 bridgehead atoms. The number of hydrogen-bond donors (Lipinski definition) is 1. The lowest BCUT2D eigenvalue weighted by Crippen LogP contribution is -2.10. The summed E-state index contributed by atoms with van der Waals surface area (Å²) >= 11 is 0. The summed E-state index contributed by atoms with van der Waals surface area (Å²) in [6, 6.07) is 7.51. The van der Waals surface area contributed by atoms with Gasteiger partial charge < -0.3 is 9.72 Å². The summed E-state index contributed by atoms with van der Waals surface area (Å²) in [4.78, 5) is 18.8. The molecule has 4 heteroatoms. The van der Waals surface area contributed by atoms with Crippen LogP contribution in [-0.2, 0) is 12.8 Å². The number of nitrogens with zero attached hydrogens (tertiary/aromatic N) is 1. The van der Waals surface area contributed by atoms with Crippen molar-refractivity contribution in [1.29, 1.82) is 0 Å². The Labute approximate surface area is 105 Å². The van der Waals surface area contributed by atoms with Gasteiger partial charge in [0.15, 0.2) is 0 Å². The van der Waals surface area contributed by atoms with Crippen LogP contribution in [0.4, 0.5) is 0 Å². The molecule has 2 aromatic rings. The lowest BCUT2D eigenvalue weighted by atomic mass is 10.1. The SMILES string of the molecule is CCc1nc(-c2cccc3c2OCC3)cc(=O)[nH]1. The standard InChI is InChI=1S/C14H14N2O2/c1-2-12-15-11(8-13(17)16-12)10-5-3-4-9-6-7-18-14(9)10/h3-5,8H,2,6-7H2,1H3,(H,15,16,17). The van der Waals surface area contributed by atoms with Crippen LogP contribution in [0.2, 0.25) is 0 Å². The lowest BCUT2D eigenvalue weighted by molar-refractivity contribution is 0.358. The Hall–Kier alpha value is -2.10. The molecule has 0 amide bonds. The number of aromatic amines is 1. The number of H-pyrrole nitrogens is 1. The summed E-state index contributed by atoms with van der Waals surface area (Å²) in [7, 11) is 0. The van der Waals surface area contributed by atoms with Gasteiger partial charge in [-0.1, -0.05) is 19.1 Å². The van der Waals surface area contributed by atoms with E-state index in [1.165, 1.54) is 11.6 Å². The molecule has 0 saturated carbocycles. The fraction of sp³-hybridized carbons (Fsp3) is 0.286. The highest BCUT2D eigenvalue weighted by Crippen LogP contribution is 2.35. The minimum absolute atomic E-state index is 0.118. The number of para-hydroxylation sites is 1. The van der Waals surface area contributed by atoms with Gasteiger partial charge in [-0.25, -0.2) is 4.98 Å². The molecule has 0 fully saturated rings. The maximum atomic E-state index is 11.6. The molecule has 4 nitrogen and oxygen atoms in total. The van der Waals surface area contributed by atoms with Crippen molar-refractivity contribution < 1.29 is 4.74 Å². The van der Waals surface area contributed by atoms with E-state index in [9.17, 15) is 4.79 Å². The zero-order valence-electron chi connectivity index (χ0n) is 10.2. The molecule has 1 aliphatic heterocycles. The average molecular weight is 242 g/mol. The van der Waals surface area contributed by atoms with Crippen molar-refractivity contribution in [3.05, 3.63) is 46.0 Å². The Kier molecular flexibility index (Phi) is 2.63. The van der Waals surface area contributed by atoms with Gasteiger partial charge in [0.1, 0.15) is 11.6 Å². The third kappa shape index (κ3) is 1.79. The van der Waals surface area contributed by atoms with E-state index in [-0.39, 0.29) is 5.56 Å². The second-order valence-corrected chi connectivity index (χ2v) is 4.32. The number of fused-ring (bicyclic) bond motifs is 1. The van der Waals surface area contributed by atoms with Gasteiger partial charge in [-0.3, -0.25) is 4.79 Å². The number of ether oxygens (including phenoxy) is 1. The van der Waals surface area contributed by atoms with Crippen molar-refractivity contribution in [2.75, 3.05) is 6.61 Å². The first-order chi connectivity index (χ1) is 8.78. The minimum Gasteiger partial charge on any atom is -0.492 e. The first-order valence-corrected chi connectivity index (χ1v) is 6.13. The van der Waals surface area contributed by atoms with Crippen LogP contribution in [0.15, 0.2) is 29.1 Å². The maximum Gasteiger partial charge on any atom is 0.251 e. The fourth-order valence-electron chi connectivity index (χ4n) is 2.23. The van der Waals surface area contributed by atoms with Crippen molar-refractivity contribution in [2.45, 2.75) is 19.8 Å². The zero-order chi connectivity index (χ0) is 12.5. The fourth-order valence-corrected chi connectivity index (χ4v) is 2.23. The number of benzene rings is 1. The minimum atomic E-state index is -0.118. The van der Waals surface area contributed by atoms with Crippen LogP contribution in [0, 0.1) is 0 Å². The summed E-state index contributed by atoms with van der Waals surface area (Å²) in [6.07, 6.45) is 1.63. The largest absolute Gasteiger partial charge is 0.492 e. The number of rotatable bonds is 2. The van der Waals surface area contributed by atoms with Crippen LogP contribution in [0.3, 0.4) is 0 Å². The Bertz CT molecular complexity index is 646. The molecule has 1 N–H and O–H groups in total. The Morgan fingerprint density at radius 2 is 2.33 bits per heavy atom. The van der Waals surface area contributed by atoms with E-state index >= 15 is 0 Å². The van der Waals surface area contributed by atoms with Gasteiger partial charge in [-0.15, -0.1) is 0 Å². The predicted molar refractivity (Wildman–Crippen MR) is 68.9 cm³/mol. The van der Waals surface area contributed by atoms with Crippen LogP contribution in [0.25, 0.3) is 11.3 Å². The van der Waals surface area contributed by atoms with Gasteiger partial charge >= 0.3 is 0 Å². The first-order valence-electron chi connectivity index (χ1n) is 6.13. The zero-order valence-corrected chi connectivity index (χ0v) is 10.2. The molecule has 3 rings (SSSR count). The maximum absolute atomic E-state index is 11.6. The highest BCUT2D eigenvalue weighted by Gasteiger charge is 2.18. The van der Waals surface area contributed by atoms with E-state index in [2.05, 4.69) is 16.0 Å².